The number of rotatable bonds is 2. The second kappa shape index (κ2) is 3.88. The molecule has 0 aliphatic carbocycles. The van der Waals surface area contributed by atoms with E-state index in [9.17, 15) is 4.79 Å². The minimum absolute atomic E-state index is 0.185. The number of para-hydroxylation sites is 1. The SMILES string of the molecule is Cc1nnsc1-c1nc2c(C(=O)O)cccc2[nH]1. The Balaban J connectivity index is 2.26. The Hall–Kier alpha value is -2.28. The highest BCUT2D eigenvalue weighted by Gasteiger charge is 2.15. The molecule has 3 rings (SSSR count). The highest BCUT2D eigenvalue weighted by atomic mass is 32.1. The van der Waals surface area contributed by atoms with Crippen LogP contribution in [0.3, 0.4) is 0 Å². The molecule has 0 saturated carbocycles. The number of H-pyrrole nitrogens is 1. The molecular formula is C11H8N4O2S. The maximum absolute atomic E-state index is 11.1. The first-order chi connectivity index (χ1) is 8.66. The molecule has 0 fully saturated rings. The number of carboxylic acid groups (broad SMARTS) is 1. The van der Waals surface area contributed by atoms with Gasteiger partial charge in [-0.3, -0.25) is 0 Å². The van der Waals surface area contributed by atoms with Gasteiger partial charge in [0, 0.05) is 0 Å². The third kappa shape index (κ3) is 1.56. The van der Waals surface area contributed by atoms with Crippen LogP contribution in [0.15, 0.2) is 18.2 Å². The van der Waals surface area contributed by atoms with Crippen molar-refractivity contribution >= 4 is 28.5 Å². The molecule has 2 N–H and O–H groups in total. The molecule has 2 heterocycles. The fourth-order valence-corrected chi connectivity index (χ4v) is 2.36. The van der Waals surface area contributed by atoms with Crippen molar-refractivity contribution in [1.82, 2.24) is 19.6 Å². The van der Waals surface area contributed by atoms with Crippen LogP contribution in [0, 0.1) is 6.92 Å². The first-order valence-electron chi connectivity index (χ1n) is 5.18. The number of aromatic amines is 1. The van der Waals surface area contributed by atoms with Gasteiger partial charge >= 0.3 is 5.97 Å². The molecule has 0 spiro atoms. The van der Waals surface area contributed by atoms with Gasteiger partial charge < -0.3 is 10.1 Å². The number of carbonyl (C=O) groups is 1. The average Bonchev–Trinajstić information content (AvgIpc) is 2.92. The number of hydrogen-bond donors (Lipinski definition) is 2. The molecule has 2 aromatic heterocycles. The smallest absolute Gasteiger partial charge is 0.337 e. The molecule has 3 aromatic rings. The van der Waals surface area contributed by atoms with E-state index in [1.807, 2.05) is 6.92 Å². The molecule has 0 aliphatic rings. The highest BCUT2D eigenvalue weighted by Crippen LogP contribution is 2.26. The molecular weight excluding hydrogens is 252 g/mol. The van der Waals surface area contributed by atoms with Crippen LogP contribution in [0.25, 0.3) is 21.7 Å². The van der Waals surface area contributed by atoms with E-state index in [0.717, 1.165) is 10.6 Å². The fourth-order valence-electron chi connectivity index (χ4n) is 1.76. The van der Waals surface area contributed by atoms with E-state index in [2.05, 4.69) is 19.6 Å². The lowest BCUT2D eigenvalue weighted by Crippen LogP contribution is -1.96. The van der Waals surface area contributed by atoms with Crippen LogP contribution in [0.2, 0.25) is 0 Å². The summed E-state index contributed by atoms with van der Waals surface area (Å²) in [4.78, 5) is 19.3. The summed E-state index contributed by atoms with van der Waals surface area (Å²) in [6, 6.07) is 5.01. The van der Waals surface area contributed by atoms with Crippen molar-refractivity contribution in [2.75, 3.05) is 0 Å². The van der Waals surface area contributed by atoms with Crippen molar-refractivity contribution in [3.05, 3.63) is 29.5 Å². The maximum Gasteiger partial charge on any atom is 0.337 e. The molecule has 0 radical (unpaired) electrons. The summed E-state index contributed by atoms with van der Waals surface area (Å²) < 4.78 is 3.84. The highest BCUT2D eigenvalue weighted by molar-refractivity contribution is 7.09. The summed E-state index contributed by atoms with van der Waals surface area (Å²) in [6.45, 7) is 1.84. The van der Waals surface area contributed by atoms with Crippen LogP contribution in [-0.4, -0.2) is 30.6 Å². The Morgan fingerprint density at radius 3 is 2.94 bits per heavy atom. The molecule has 0 amide bonds. The van der Waals surface area contributed by atoms with E-state index in [1.54, 1.807) is 12.1 Å². The Kier molecular flexibility index (Phi) is 2.34. The van der Waals surface area contributed by atoms with Crippen molar-refractivity contribution < 1.29 is 9.90 Å². The molecule has 90 valence electrons. The first-order valence-corrected chi connectivity index (χ1v) is 5.95. The third-order valence-electron chi connectivity index (χ3n) is 2.61. The fraction of sp³-hybridized carbons (Fsp3) is 0.0909. The van der Waals surface area contributed by atoms with E-state index in [4.69, 9.17) is 5.11 Å². The Labute approximate surface area is 105 Å². The molecule has 18 heavy (non-hydrogen) atoms. The number of benzene rings is 1. The lowest BCUT2D eigenvalue weighted by Gasteiger charge is -1.93. The number of imidazole rings is 1. The Bertz CT molecular complexity index is 746. The molecule has 0 saturated heterocycles. The minimum Gasteiger partial charge on any atom is -0.478 e. The van der Waals surface area contributed by atoms with Crippen LogP contribution in [-0.2, 0) is 0 Å². The van der Waals surface area contributed by atoms with E-state index in [1.165, 1.54) is 17.6 Å². The van der Waals surface area contributed by atoms with E-state index >= 15 is 0 Å². The summed E-state index contributed by atoms with van der Waals surface area (Å²) in [7, 11) is 0. The molecule has 6 nitrogen and oxygen atoms in total. The van der Waals surface area contributed by atoms with Gasteiger partial charge in [0.25, 0.3) is 0 Å². The van der Waals surface area contributed by atoms with E-state index in [0.29, 0.717) is 16.9 Å². The second-order valence-corrected chi connectivity index (χ2v) is 4.53. The van der Waals surface area contributed by atoms with E-state index in [-0.39, 0.29) is 5.56 Å². The topological polar surface area (TPSA) is 91.8 Å². The predicted molar refractivity (Wildman–Crippen MR) is 66.7 cm³/mol. The second-order valence-electron chi connectivity index (χ2n) is 3.78. The minimum atomic E-state index is -0.988. The third-order valence-corrected chi connectivity index (χ3v) is 3.44. The molecule has 0 bridgehead atoms. The molecule has 0 aliphatic heterocycles. The molecule has 7 heteroatoms. The number of aromatic carboxylic acids is 1. The summed E-state index contributed by atoms with van der Waals surface area (Å²) in [5.41, 5.74) is 2.10. The van der Waals surface area contributed by atoms with Crippen molar-refractivity contribution in [2.24, 2.45) is 0 Å². The largest absolute Gasteiger partial charge is 0.478 e. The van der Waals surface area contributed by atoms with Crippen LogP contribution in [0.5, 0.6) is 0 Å². The van der Waals surface area contributed by atoms with Crippen LogP contribution in [0.4, 0.5) is 0 Å². The van der Waals surface area contributed by atoms with E-state index < -0.39 is 5.97 Å². The van der Waals surface area contributed by atoms with Crippen molar-refractivity contribution in [2.45, 2.75) is 6.92 Å². The normalized spacial score (nSPS) is 10.9. The first kappa shape index (κ1) is 10.8. The lowest BCUT2D eigenvalue weighted by atomic mass is 10.2. The zero-order valence-corrected chi connectivity index (χ0v) is 10.2. The summed E-state index contributed by atoms with van der Waals surface area (Å²) in [6.07, 6.45) is 0. The van der Waals surface area contributed by atoms with Crippen molar-refractivity contribution in [1.29, 1.82) is 0 Å². The van der Waals surface area contributed by atoms with Gasteiger partial charge in [-0.25, -0.2) is 9.78 Å². The zero-order chi connectivity index (χ0) is 12.7. The van der Waals surface area contributed by atoms with Crippen LogP contribution < -0.4 is 0 Å². The van der Waals surface area contributed by atoms with Gasteiger partial charge in [0.1, 0.15) is 10.4 Å². The monoisotopic (exact) mass is 260 g/mol. The number of nitrogens with zero attached hydrogens (tertiary/aromatic N) is 3. The summed E-state index contributed by atoms with van der Waals surface area (Å²) in [5, 5.41) is 13.0. The van der Waals surface area contributed by atoms with Gasteiger partial charge in [-0.2, -0.15) is 0 Å². The zero-order valence-electron chi connectivity index (χ0n) is 9.34. The number of aryl methyl sites for hydroxylation is 1. The van der Waals surface area contributed by atoms with Crippen LogP contribution >= 0.6 is 11.5 Å². The Morgan fingerprint density at radius 1 is 1.44 bits per heavy atom. The average molecular weight is 260 g/mol. The number of fused-ring (bicyclic) bond motifs is 1. The number of nitrogens with one attached hydrogen (secondary N) is 1. The van der Waals surface area contributed by atoms with Gasteiger partial charge in [0.2, 0.25) is 0 Å². The molecule has 1 aromatic carbocycles. The molecule has 0 unspecified atom stereocenters. The quantitative estimate of drug-likeness (QED) is 0.736. The van der Waals surface area contributed by atoms with Crippen molar-refractivity contribution in [3.63, 3.8) is 0 Å². The maximum atomic E-state index is 11.1. The van der Waals surface area contributed by atoms with Crippen molar-refractivity contribution in [3.8, 4) is 10.7 Å². The molecule has 0 atom stereocenters. The number of hydrogen-bond acceptors (Lipinski definition) is 5. The predicted octanol–water partition coefficient (Wildman–Crippen LogP) is 2.09. The lowest BCUT2D eigenvalue weighted by molar-refractivity contribution is 0.0699. The standard InChI is InChI=1S/C11H8N4O2S/c1-5-9(18-15-14-5)10-12-7-4-2-3-6(11(16)17)8(7)13-10/h2-4H,1H3,(H,12,13)(H,16,17). The van der Waals surface area contributed by atoms with Gasteiger partial charge in [-0.1, -0.05) is 10.6 Å². The van der Waals surface area contributed by atoms with Crippen LogP contribution in [0.1, 0.15) is 16.1 Å². The number of aromatic nitrogens is 4. The van der Waals surface area contributed by atoms with Gasteiger partial charge in [-0.05, 0) is 30.6 Å². The van der Waals surface area contributed by atoms with Gasteiger partial charge in [0.05, 0.1) is 16.8 Å². The Morgan fingerprint density at radius 2 is 2.28 bits per heavy atom. The summed E-state index contributed by atoms with van der Waals surface area (Å²) in [5.74, 6) is -0.385. The van der Waals surface area contributed by atoms with Gasteiger partial charge in [0.15, 0.2) is 5.82 Å². The van der Waals surface area contributed by atoms with Gasteiger partial charge in [-0.15, -0.1) is 5.10 Å². The number of carboxylic acids is 1. The summed E-state index contributed by atoms with van der Waals surface area (Å²) >= 11 is 1.23.